The number of anilines is 1. The molecular weight excluding hydrogens is 319 g/mol. The van der Waals surface area contributed by atoms with Crippen LogP contribution in [0, 0.1) is 5.82 Å². The standard InChI is InChI=1S/C18H19FN6/c19-17-9-5-4-6-15(17)14-23-10-12-24(13-11-23)18-20-21-22-25(18)16-7-2-1-3-8-16/h1-9H,10-14H2. The molecule has 1 fully saturated rings. The maximum absolute atomic E-state index is 13.8. The van der Waals surface area contributed by atoms with Gasteiger partial charge in [-0.2, -0.15) is 4.68 Å². The van der Waals surface area contributed by atoms with E-state index < -0.39 is 0 Å². The summed E-state index contributed by atoms with van der Waals surface area (Å²) < 4.78 is 15.6. The minimum absolute atomic E-state index is 0.141. The van der Waals surface area contributed by atoms with E-state index in [9.17, 15) is 4.39 Å². The molecule has 2 aromatic carbocycles. The molecule has 25 heavy (non-hydrogen) atoms. The van der Waals surface area contributed by atoms with E-state index in [1.807, 2.05) is 42.5 Å². The van der Waals surface area contributed by atoms with E-state index in [-0.39, 0.29) is 5.82 Å². The second-order valence-electron chi connectivity index (χ2n) is 6.08. The largest absolute Gasteiger partial charge is 0.337 e. The van der Waals surface area contributed by atoms with Crippen LogP contribution in [0.15, 0.2) is 54.6 Å². The van der Waals surface area contributed by atoms with E-state index in [0.717, 1.165) is 43.4 Å². The van der Waals surface area contributed by atoms with Crippen LogP contribution in [-0.2, 0) is 6.54 Å². The molecule has 0 radical (unpaired) electrons. The lowest BCUT2D eigenvalue weighted by atomic mass is 10.2. The topological polar surface area (TPSA) is 50.1 Å². The number of tetrazole rings is 1. The van der Waals surface area contributed by atoms with Gasteiger partial charge in [-0.3, -0.25) is 4.90 Å². The third-order valence-corrected chi connectivity index (χ3v) is 4.46. The number of piperazine rings is 1. The van der Waals surface area contributed by atoms with Gasteiger partial charge in [0.15, 0.2) is 0 Å². The highest BCUT2D eigenvalue weighted by Gasteiger charge is 2.22. The van der Waals surface area contributed by atoms with Crippen molar-refractivity contribution in [3.63, 3.8) is 0 Å². The zero-order valence-corrected chi connectivity index (χ0v) is 13.8. The van der Waals surface area contributed by atoms with Gasteiger partial charge in [0, 0.05) is 38.3 Å². The van der Waals surface area contributed by atoms with E-state index in [4.69, 9.17) is 0 Å². The first kappa shape index (κ1) is 15.7. The molecule has 0 aliphatic carbocycles. The van der Waals surface area contributed by atoms with Crippen molar-refractivity contribution in [2.75, 3.05) is 31.1 Å². The summed E-state index contributed by atoms with van der Waals surface area (Å²) in [5.74, 6) is 0.606. The van der Waals surface area contributed by atoms with Gasteiger partial charge >= 0.3 is 0 Å². The lowest BCUT2D eigenvalue weighted by Gasteiger charge is -2.34. The van der Waals surface area contributed by atoms with E-state index >= 15 is 0 Å². The summed E-state index contributed by atoms with van der Waals surface area (Å²) >= 11 is 0. The molecule has 1 aromatic heterocycles. The van der Waals surface area contributed by atoms with Crippen LogP contribution < -0.4 is 4.90 Å². The normalized spacial score (nSPS) is 15.5. The van der Waals surface area contributed by atoms with Gasteiger partial charge in [-0.25, -0.2) is 4.39 Å². The number of hydrogen-bond donors (Lipinski definition) is 0. The molecule has 3 aromatic rings. The van der Waals surface area contributed by atoms with Crippen LogP contribution in [0.1, 0.15) is 5.56 Å². The van der Waals surface area contributed by atoms with Gasteiger partial charge in [-0.1, -0.05) is 41.5 Å². The van der Waals surface area contributed by atoms with Gasteiger partial charge in [0.25, 0.3) is 0 Å². The Bertz CT molecular complexity index is 826. The predicted octanol–water partition coefficient (Wildman–Crippen LogP) is 2.12. The SMILES string of the molecule is Fc1ccccc1CN1CCN(c2nnnn2-c2ccccc2)CC1. The van der Waals surface area contributed by atoms with Crippen molar-refractivity contribution in [1.29, 1.82) is 0 Å². The summed E-state index contributed by atoms with van der Waals surface area (Å²) in [7, 11) is 0. The molecule has 0 spiro atoms. The molecule has 7 heteroatoms. The molecule has 0 atom stereocenters. The van der Waals surface area contributed by atoms with E-state index in [1.165, 1.54) is 6.07 Å². The molecule has 128 valence electrons. The second kappa shape index (κ2) is 6.98. The molecule has 2 heterocycles. The average molecular weight is 338 g/mol. The number of halogens is 1. The zero-order valence-electron chi connectivity index (χ0n) is 13.8. The van der Waals surface area contributed by atoms with E-state index in [2.05, 4.69) is 25.3 Å². The molecule has 0 amide bonds. The average Bonchev–Trinajstić information content (AvgIpc) is 3.15. The third-order valence-electron chi connectivity index (χ3n) is 4.46. The Balaban J connectivity index is 1.43. The van der Waals surface area contributed by atoms with Crippen molar-refractivity contribution in [2.45, 2.75) is 6.54 Å². The Hall–Kier alpha value is -2.80. The lowest BCUT2D eigenvalue weighted by molar-refractivity contribution is 0.245. The van der Waals surface area contributed by atoms with Crippen molar-refractivity contribution < 1.29 is 4.39 Å². The summed E-state index contributed by atoms with van der Waals surface area (Å²) in [4.78, 5) is 4.43. The maximum atomic E-state index is 13.8. The van der Waals surface area contributed by atoms with Crippen molar-refractivity contribution in [3.05, 3.63) is 66.0 Å². The number of nitrogens with zero attached hydrogens (tertiary/aromatic N) is 6. The van der Waals surface area contributed by atoms with Crippen LogP contribution in [0.5, 0.6) is 0 Å². The van der Waals surface area contributed by atoms with Crippen LogP contribution in [0.4, 0.5) is 10.3 Å². The molecule has 0 unspecified atom stereocenters. The van der Waals surface area contributed by atoms with Crippen molar-refractivity contribution in [1.82, 2.24) is 25.1 Å². The Morgan fingerprint density at radius 3 is 2.36 bits per heavy atom. The first-order chi connectivity index (χ1) is 12.3. The number of aromatic nitrogens is 4. The first-order valence-electron chi connectivity index (χ1n) is 8.36. The molecule has 0 N–H and O–H groups in total. The summed E-state index contributed by atoms with van der Waals surface area (Å²) in [5, 5.41) is 12.1. The quantitative estimate of drug-likeness (QED) is 0.729. The number of hydrogen-bond acceptors (Lipinski definition) is 5. The monoisotopic (exact) mass is 338 g/mol. The van der Waals surface area contributed by atoms with Crippen molar-refractivity contribution >= 4 is 5.95 Å². The summed E-state index contributed by atoms with van der Waals surface area (Å²) in [6.07, 6.45) is 0. The van der Waals surface area contributed by atoms with E-state index in [1.54, 1.807) is 10.7 Å². The highest BCUT2D eigenvalue weighted by atomic mass is 19.1. The van der Waals surface area contributed by atoms with Gasteiger partial charge in [-0.05, 0) is 28.6 Å². The minimum atomic E-state index is -0.141. The molecule has 1 aliphatic rings. The first-order valence-corrected chi connectivity index (χ1v) is 8.36. The number of benzene rings is 2. The molecule has 6 nitrogen and oxygen atoms in total. The Kier molecular flexibility index (Phi) is 4.39. The number of rotatable bonds is 4. The van der Waals surface area contributed by atoms with Gasteiger partial charge in [0.1, 0.15) is 5.82 Å². The zero-order chi connectivity index (χ0) is 17.1. The molecule has 4 rings (SSSR count). The van der Waals surface area contributed by atoms with Crippen LogP contribution in [0.25, 0.3) is 5.69 Å². The van der Waals surface area contributed by atoms with Crippen molar-refractivity contribution in [3.8, 4) is 5.69 Å². The third kappa shape index (κ3) is 3.36. The van der Waals surface area contributed by atoms with Crippen LogP contribution >= 0.6 is 0 Å². The van der Waals surface area contributed by atoms with Crippen molar-refractivity contribution in [2.24, 2.45) is 0 Å². The highest BCUT2D eigenvalue weighted by Crippen LogP contribution is 2.18. The van der Waals surface area contributed by atoms with Crippen LogP contribution in [0.3, 0.4) is 0 Å². The second-order valence-corrected chi connectivity index (χ2v) is 6.08. The minimum Gasteiger partial charge on any atom is -0.337 e. The van der Waals surface area contributed by atoms with Gasteiger partial charge in [-0.15, -0.1) is 0 Å². The molecule has 0 saturated carbocycles. The van der Waals surface area contributed by atoms with Gasteiger partial charge < -0.3 is 4.90 Å². The van der Waals surface area contributed by atoms with Crippen LogP contribution in [-0.4, -0.2) is 51.3 Å². The summed E-state index contributed by atoms with van der Waals surface area (Å²) in [6, 6.07) is 16.8. The fraction of sp³-hybridized carbons (Fsp3) is 0.278. The van der Waals surface area contributed by atoms with Crippen LogP contribution in [0.2, 0.25) is 0 Å². The molecule has 0 bridgehead atoms. The lowest BCUT2D eigenvalue weighted by Crippen LogP contribution is -2.47. The molecule has 1 aliphatic heterocycles. The highest BCUT2D eigenvalue weighted by molar-refractivity contribution is 5.40. The Labute approximate surface area is 145 Å². The Morgan fingerprint density at radius 1 is 0.880 bits per heavy atom. The van der Waals surface area contributed by atoms with Gasteiger partial charge in [0.2, 0.25) is 5.95 Å². The molecule has 1 saturated heterocycles. The fourth-order valence-electron chi connectivity index (χ4n) is 3.09. The maximum Gasteiger partial charge on any atom is 0.250 e. The van der Waals surface area contributed by atoms with Gasteiger partial charge in [0.05, 0.1) is 5.69 Å². The summed E-state index contributed by atoms with van der Waals surface area (Å²) in [6.45, 7) is 3.93. The Morgan fingerprint density at radius 2 is 1.60 bits per heavy atom. The fourth-order valence-corrected chi connectivity index (χ4v) is 3.09. The predicted molar refractivity (Wildman–Crippen MR) is 93.0 cm³/mol. The summed E-state index contributed by atoms with van der Waals surface area (Å²) in [5.41, 5.74) is 1.68. The number of para-hydroxylation sites is 1. The van der Waals surface area contributed by atoms with E-state index in [0.29, 0.717) is 6.54 Å². The smallest absolute Gasteiger partial charge is 0.250 e. The molecular formula is C18H19FN6.